The zero-order chi connectivity index (χ0) is 17.2. The number of carbonyl (C=O) groups excluding carboxylic acids is 3. The number of rotatable bonds is 9. The number of unbranched alkanes of at least 4 members (excludes halogenated alkanes) is 2. The number of carbonyl (C=O) groups is 3. The monoisotopic (exact) mass is 317 g/mol. The van der Waals surface area contributed by atoms with Crippen LogP contribution >= 0.6 is 0 Å². The number of esters is 1. The van der Waals surface area contributed by atoms with Gasteiger partial charge in [0.15, 0.2) is 0 Å². The Morgan fingerprint density at radius 2 is 1.78 bits per heavy atom. The summed E-state index contributed by atoms with van der Waals surface area (Å²) in [6.07, 6.45) is 2.98. The molecule has 0 aliphatic heterocycles. The second-order valence-corrected chi connectivity index (χ2v) is 5.38. The van der Waals surface area contributed by atoms with Crippen molar-refractivity contribution < 1.29 is 19.1 Å². The normalized spacial score (nSPS) is 10.0. The van der Waals surface area contributed by atoms with Crippen molar-refractivity contribution in [1.29, 1.82) is 0 Å². The van der Waals surface area contributed by atoms with E-state index in [-0.39, 0.29) is 6.42 Å². The van der Waals surface area contributed by atoms with Crippen molar-refractivity contribution in [2.24, 2.45) is 0 Å². The highest BCUT2D eigenvalue weighted by molar-refractivity contribution is 6.36. The van der Waals surface area contributed by atoms with Crippen LogP contribution in [0, 0.1) is 0 Å². The lowest BCUT2D eigenvalue weighted by molar-refractivity contribution is -0.137. The van der Waals surface area contributed by atoms with Gasteiger partial charge in [-0.25, -0.2) is 4.79 Å². The maximum Gasteiger partial charge on any atom is 0.338 e. The third-order valence-corrected chi connectivity index (χ3v) is 3.17. The first-order valence-electron chi connectivity index (χ1n) is 7.71. The van der Waals surface area contributed by atoms with Gasteiger partial charge in [-0.1, -0.05) is 38.5 Å². The van der Waals surface area contributed by atoms with Crippen LogP contribution in [0.5, 0.6) is 5.75 Å². The molecule has 0 bridgehead atoms. The minimum atomic E-state index is -0.557. The van der Waals surface area contributed by atoms with Gasteiger partial charge in [0.1, 0.15) is 5.75 Å². The largest absolute Gasteiger partial charge is 0.423 e. The third-order valence-electron chi connectivity index (χ3n) is 3.17. The van der Waals surface area contributed by atoms with Crippen molar-refractivity contribution in [2.45, 2.75) is 39.5 Å². The summed E-state index contributed by atoms with van der Waals surface area (Å²) in [7, 11) is 0. The van der Waals surface area contributed by atoms with E-state index in [1.165, 1.54) is 0 Å². The summed E-state index contributed by atoms with van der Waals surface area (Å²) in [5.41, 5.74) is 0.998. The number of amides is 1. The molecule has 1 amide bonds. The second kappa shape index (κ2) is 9.56. The molecular formula is C18H23NO4. The van der Waals surface area contributed by atoms with E-state index in [0.717, 1.165) is 19.3 Å². The highest BCUT2D eigenvalue weighted by Crippen LogP contribution is 2.14. The Hall–Kier alpha value is -2.43. The SMILES string of the molecule is C=C(C)C(=O)Oc1ccc(CC(=O)C(=O)NCCCCC)cc1. The van der Waals surface area contributed by atoms with E-state index < -0.39 is 17.7 Å². The molecule has 0 radical (unpaired) electrons. The van der Waals surface area contributed by atoms with Gasteiger partial charge in [-0.05, 0) is 31.0 Å². The molecule has 5 nitrogen and oxygen atoms in total. The summed E-state index contributed by atoms with van der Waals surface area (Å²) >= 11 is 0. The van der Waals surface area contributed by atoms with E-state index in [1.54, 1.807) is 31.2 Å². The average Bonchev–Trinajstić information content (AvgIpc) is 2.53. The Labute approximate surface area is 136 Å². The molecule has 124 valence electrons. The van der Waals surface area contributed by atoms with Crippen LogP contribution in [0.25, 0.3) is 0 Å². The van der Waals surface area contributed by atoms with Crippen molar-refractivity contribution in [3.05, 3.63) is 42.0 Å². The summed E-state index contributed by atoms with van der Waals surface area (Å²) < 4.78 is 5.06. The molecule has 1 aromatic rings. The Bertz CT molecular complexity index is 575. The fourth-order valence-electron chi connectivity index (χ4n) is 1.81. The highest BCUT2D eigenvalue weighted by atomic mass is 16.5. The van der Waals surface area contributed by atoms with Gasteiger partial charge in [0, 0.05) is 18.5 Å². The molecule has 0 saturated carbocycles. The van der Waals surface area contributed by atoms with Crippen LogP contribution in [0.1, 0.15) is 38.7 Å². The van der Waals surface area contributed by atoms with Gasteiger partial charge in [0.2, 0.25) is 5.78 Å². The summed E-state index contributed by atoms with van der Waals surface area (Å²) in [4.78, 5) is 34.9. The summed E-state index contributed by atoms with van der Waals surface area (Å²) in [5.74, 6) is -1.16. The number of nitrogens with one attached hydrogen (secondary N) is 1. The summed E-state index contributed by atoms with van der Waals surface area (Å²) in [6, 6.07) is 6.48. The lowest BCUT2D eigenvalue weighted by Gasteiger charge is -2.06. The Balaban J connectivity index is 2.47. The molecule has 0 saturated heterocycles. The fraction of sp³-hybridized carbons (Fsp3) is 0.389. The fourth-order valence-corrected chi connectivity index (χ4v) is 1.81. The lowest BCUT2D eigenvalue weighted by Crippen LogP contribution is -2.32. The van der Waals surface area contributed by atoms with Gasteiger partial charge >= 0.3 is 5.97 Å². The molecule has 1 rings (SSSR count). The van der Waals surface area contributed by atoms with E-state index in [1.807, 2.05) is 0 Å². The Morgan fingerprint density at radius 1 is 1.13 bits per heavy atom. The van der Waals surface area contributed by atoms with E-state index in [0.29, 0.717) is 23.4 Å². The number of hydrogen-bond acceptors (Lipinski definition) is 4. The molecule has 0 unspecified atom stereocenters. The summed E-state index contributed by atoms with van der Waals surface area (Å²) in [5, 5.41) is 2.62. The first kappa shape index (κ1) is 18.6. The number of ether oxygens (including phenoxy) is 1. The first-order chi connectivity index (χ1) is 10.9. The molecular weight excluding hydrogens is 294 g/mol. The van der Waals surface area contributed by atoms with Crippen LogP contribution in [0.2, 0.25) is 0 Å². The molecule has 0 aromatic heterocycles. The minimum Gasteiger partial charge on any atom is -0.423 e. The molecule has 23 heavy (non-hydrogen) atoms. The van der Waals surface area contributed by atoms with Crippen molar-refractivity contribution in [2.75, 3.05) is 6.54 Å². The predicted octanol–water partition coefficient (Wildman–Crippen LogP) is 2.59. The molecule has 0 aliphatic carbocycles. The van der Waals surface area contributed by atoms with Crippen molar-refractivity contribution in [3.63, 3.8) is 0 Å². The van der Waals surface area contributed by atoms with Crippen molar-refractivity contribution in [1.82, 2.24) is 5.32 Å². The van der Waals surface area contributed by atoms with Gasteiger partial charge in [-0.3, -0.25) is 9.59 Å². The maximum atomic E-state index is 11.8. The number of benzene rings is 1. The van der Waals surface area contributed by atoms with Crippen LogP contribution in [-0.4, -0.2) is 24.2 Å². The quantitative estimate of drug-likeness (QED) is 0.250. The van der Waals surface area contributed by atoms with E-state index in [9.17, 15) is 14.4 Å². The Morgan fingerprint density at radius 3 is 2.35 bits per heavy atom. The average molecular weight is 317 g/mol. The van der Waals surface area contributed by atoms with E-state index in [2.05, 4.69) is 18.8 Å². The number of hydrogen-bond donors (Lipinski definition) is 1. The molecule has 1 N–H and O–H groups in total. The van der Waals surface area contributed by atoms with Crippen LogP contribution in [0.4, 0.5) is 0 Å². The van der Waals surface area contributed by atoms with Gasteiger partial charge in [-0.15, -0.1) is 0 Å². The summed E-state index contributed by atoms with van der Waals surface area (Å²) in [6.45, 7) is 7.66. The van der Waals surface area contributed by atoms with Gasteiger partial charge < -0.3 is 10.1 Å². The standard InChI is InChI=1S/C18H23NO4/c1-4-5-6-11-19-17(21)16(20)12-14-7-9-15(10-8-14)23-18(22)13(2)3/h7-10H,2,4-6,11-12H2,1,3H3,(H,19,21). The minimum absolute atomic E-state index is 0.0221. The van der Waals surface area contributed by atoms with Crippen molar-refractivity contribution >= 4 is 17.7 Å². The lowest BCUT2D eigenvalue weighted by atomic mass is 10.1. The van der Waals surface area contributed by atoms with Crippen LogP contribution in [0.3, 0.4) is 0 Å². The second-order valence-electron chi connectivity index (χ2n) is 5.38. The van der Waals surface area contributed by atoms with Crippen LogP contribution in [-0.2, 0) is 20.8 Å². The van der Waals surface area contributed by atoms with E-state index in [4.69, 9.17) is 4.74 Å². The molecule has 0 atom stereocenters. The third kappa shape index (κ3) is 6.91. The first-order valence-corrected chi connectivity index (χ1v) is 7.71. The molecule has 0 aliphatic rings. The van der Waals surface area contributed by atoms with Gasteiger partial charge in [0.05, 0.1) is 0 Å². The van der Waals surface area contributed by atoms with Crippen LogP contribution < -0.4 is 10.1 Å². The smallest absolute Gasteiger partial charge is 0.338 e. The zero-order valence-corrected chi connectivity index (χ0v) is 13.7. The zero-order valence-electron chi connectivity index (χ0n) is 13.7. The molecule has 0 fully saturated rings. The van der Waals surface area contributed by atoms with Crippen molar-refractivity contribution in [3.8, 4) is 5.75 Å². The topological polar surface area (TPSA) is 72.5 Å². The van der Waals surface area contributed by atoms with E-state index >= 15 is 0 Å². The molecule has 0 spiro atoms. The van der Waals surface area contributed by atoms with Gasteiger partial charge in [-0.2, -0.15) is 0 Å². The molecule has 5 heteroatoms. The molecule has 0 heterocycles. The van der Waals surface area contributed by atoms with Crippen LogP contribution in [0.15, 0.2) is 36.4 Å². The predicted molar refractivity (Wildman–Crippen MR) is 88.1 cm³/mol. The number of ketones is 1. The maximum absolute atomic E-state index is 11.8. The number of Topliss-reactive ketones (excluding diaryl/α,β-unsaturated/α-hetero) is 1. The Kier molecular flexibility index (Phi) is 7.74. The highest BCUT2D eigenvalue weighted by Gasteiger charge is 2.14. The van der Waals surface area contributed by atoms with Gasteiger partial charge in [0.25, 0.3) is 5.91 Å². The molecule has 1 aromatic carbocycles.